The van der Waals surface area contributed by atoms with E-state index in [1.807, 2.05) is 0 Å². The number of carbonyl (C=O) groups excluding carboxylic acids is 1. The maximum Gasteiger partial charge on any atom is 0.306 e. The van der Waals surface area contributed by atoms with Gasteiger partial charge in [0.2, 0.25) is 0 Å². The standard InChI is InChI=1S/C36H66O4/c1-3-5-7-9-11-13-15-16-17-18-19-20-22-24-26-28-30-32-39-34-35(33-37)40-36(38)31-29-27-25-23-21-14-12-10-8-6-4-2/h10,12-13,15,17-18,35,37H,3-9,11,14,16,19-34H2,1-2H3/b12-10-,15-13-,18-17-. The summed E-state index contributed by atoms with van der Waals surface area (Å²) in [5.74, 6) is -0.217. The van der Waals surface area contributed by atoms with E-state index < -0.39 is 6.10 Å². The fraction of sp³-hybridized carbons (Fsp3) is 0.806. The minimum atomic E-state index is -0.540. The van der Waals surface area contributed by atoms with Crippen LogP contribution in [0.4, 0.5) is 0 Å². The van der Waals surface area contributed by atoms with Gasteiger partial charge in [0.1, 0.15) is 6.10 Å². The molecule has 0 saturated heterocycles. The average molecular weight is 563 g/mol. The second-order valence-electron chi connectivity index (χ2n) is 11.2. The Morgan fingerprint density at radius 3 is 1.65 bits per heavy atom. The lowest BCUT2D eigenvalue weighted by atomic mass is 10.1. The summed E-state index contributed by atoms with van der Waals surface area (Å²) in [6.07, 6.45) is 40.3. The van der Waals surface area contributed by atoms with Crippen molar-refractivity contribution in [2.24, 2.45) is 0 Å². The number of hydrogen-bond donors (Lipinski definition) is 1. The first-order valence-electron chi connectivity index (χ1n) is 17.1. The third-order valence-electron chi connectivity index (χ3n) is 7.19. The average Bonchev–Trinajstić information content (AvgIpc) is 2.96. The fourth-order valence-electron chi connectivity index (χ4n) is 4.57. The van der Waals surface area contributed by atoms with Crippen molar-refractivity contribution in [3.05, 3.63) is 36.5 Å². The van der Waals surface area contributed by atoms with E-state index in [4.69, 9.17) is 9.47 Å². The molecule has 0 radical (unpaired) electrons. The van der Waals surface area contributed by atoms with Crippen molar-refractivity contribution in [1.82, 2.24) is 0 Å². The maximum absolute atomic E-state index is 12.1. The second-order valence-corrected chi connectivity index (χ2v) is 11.2. The summed E-state index contributed by atoms with van der Waals surface area (Å²) in [5, 5.41) is 9.52. The molecule has 4 heteroatoms. The van der Waals surface area contributed by atoms with Crippen molar-refractivity contribution in [3.63, 3.8) is 0 Å². The number of allylic oxidation sites excluding steroid dienone is 6. The molecule has 0 aliphatic carbocycles. The van der Waals surface area contributed by atoms with Crippen LogP contribution >= 0.6 is 0 Å². The van der Waals surface area contributed by atoms with Crippen LogP contribution < -0.4 is 0 Å². The molecule has 0 bridgehead atoms. The molecule has 0 aromatic carbocycles. The number of carbonyl (C=O) groups is 1. The van der Waals surface area contributed by atoms with Gasteiger partial charge in [0, 0.05) is 13.0 Å². The highest BCUT2D eigenvalue weighted by molar-refractivity contribution is 5.69. The number of aliphatic hydroxyl groups excluding tert-OH is 1. The smallest absolute Gasteiger partial charge is 0.306 e. The highest BCUT2D eigenvalue weighted by Crippen LogP contribution is 2.11. The summed E-state index contributed by atoms with van der Waals surface area (Å²) in [6, 6.07) is 0. The Morgan fingerprint density at radius 2 is 1.07 bits per heavy atom. The lowest BCUT2D eigenvalue weighted by Crippen LogP contribution is -2.27. The van der Waals surface area contributed by atoms with Gasteiger partial charge in [-0.15, -0.1) is 0 Å². The Kier molecular flexibility index (Phi) is 32.6. The SMILES string of the molecule is CCCC/C=C\CCCCCCCC(=O)OC(CO)COCCCCCCCC/C=C\C/C=C\CCCCCC. The van der Waals surface area contributed by atoms with Gasteiger partial charge in [-0.1, -0.05) is 127 Å². The van der Waals surface area contributed by atoms with Crippen molar-refractivity contribution >= 4 is 5.97 Å². The van der Waals surface area contributed by atoms with E-state index in [0.29, 0.717) is 13.0 Å². The third-order valence-corrected chi connectivity index (χ3v) is 7.19. The summed E-state index contributed by atoms with van der Waals surface area (Å²) < 4.78 is 11.1. The van der Waals surface area contributed by atoms with Gasteiger partial charge in [0.15, 0.2) is 0 Å². The van der Waals surface area contributed by atoms with Gasteiger partial charge in [-0.2, -0.15) is 0 Å². The summed E-state index contributed by atoms with van der Waals surface area (Å²) >= 11 is 0. The van der Waals surface area contributed by atoms with Crippen LogP contribution in [0.5, 0.6) is 0 Å². The van der Waals surface area contributed by atoms with Crippen LogP contribution in [0.3, 0.4) is 0 Å². The molecule has 0 aliphatic heterocycles. The van der Waals surface area contributed by atoms with Crippen LogP contribution in [0.1, 0.15) is 162 Å². The third kappa shape index (κ3) is 31.1. The second kappa shape index (κ2) is 33.8. The molecule has 0 saturated carbocycles. The van der Waals surface area contributed by atoms with Crippen LogP contribution in [-0.2, 0) is 14.3 Å². The molecule has 0 spiro atoms. The normalized spacial score (nSPS) is 12.8. The molecule has 40 heavy (non-hydrogen) atoms. The Balaban J connectivity index is 3.48. The zero-order valence-corrected chi connectivity index (χ0v) is 26.6. The molecule has 0 heterocycles. The van der Waals surface area contributed by atoms with Gasteiger partial charge in [-0.05, 0) is 64.2 Å². The van der Waals surface area contributed by atoms with Crippen molar-refractivity contribution in [2.45, 2.75) is 168 Å². The van der Waals surface area contributed by atoms with Gasteiger partial charge >= 0.3 is 5.97 Å². The highest BCUT2D eigenvalue weighted by atomic mass is 16.6. The van der Waals surface area contributed by atoms with Crippen LogP contribution in [0.15, 0.2) is 36.5 Å². The molecular formula is C36H66O4. The van der Waals surface area contributed by atoms with E-state index in [2.05, 4.69) is 50.3 Å². The molecule has 0 amide bonds. The highest BCUT2D eigenvalue weighted by Gasteiger charge is 2.13. The molecular weight excluding hydrogens is 496 g/mol. The summed E-state index contributed by atoms with van der Waals surface area (Å²) in [7, 11) is 0. The van der Waals surface area contributed by atoms with E-state index >= 15 is 0 Å². The lowest BCUT2D eigenvalue weighted by Gasteiger charge is -2.15. The Bertz CT molecular complexity index is 596. The minimum Gasteiger partial charge on any atom is -0.457 e. The molecule has 0 aliphatic rings. The number of esters is 1. The monoisotopic (exact) mass is 562 g/mol. The van der Waals surface area contributed by atoms with E-state index in [1.165, 1.54) is 103 Å². The number of unbranched alkanes of at least 4 members (excludes halogenated alkanes) is 17. The zero-order chi connectivity index (χ0) is 29.2. The van der Waals surface area contributed by atoms with E-state index in [1.54, 1.807) is 0 Å². The molecule has 1 N–H and O–H groups in total. The Morgan fingerprint density at radius 1 is 0.600 bits per heavy atom. The summed E-state index contributed by atoms with van der Waals surface area (Å²) in [4.78, 5) is 12.1. The van der Waals surface area contributed by atoms with Crippen molar-refractivity contribution in [3.8, 4) is 0 Å². The van der Waals surface area contributed by atoms with Crippen LogP contribution in [-0.4, -0.2) is 37.0 Å². The minimum absolute atomic E-state index is 0.179. The topological polar surface area (TPSA) is 55.8 Å². The molecule has 0 aromatic heterocycles. The Labute approximate surface area is 249 Å². The van der Waals surface area contributed by atoms with Crippen LogP contribution in [0, 0.1) is 0 Å². The van der Waals surface area contributed by atoms with Gasteiger partial charge in [-0.25, -0.2) is 0 Å². The molecule has 0 fully saturated rings. The maximum atomic E-state index is 12.1. The van der Waals surface area contributed by atoms with E-state index in [0.717, 1.165) is 38.5 Å². The van der Waals surface area contributed by atoms with Crippen molar-refractivity contribution < 1.29 is 19.4 Å². The molecule has 4 nitrogen and oxygen atoms in total. The van der Waals surface area contributed by atoms with E-state index in [9.17, 15) is 9.90 Å². The number of ether oxygens (including phenoxy) is 2. The largest absolute Gasteiger partial charge is 0.457 e. The quantitative estimate of drug-likeness (QED) is 0.0518. The molecule has 0 rings (SSSR count). The van der Waals surface area contributed by atoms with Crippen molar-refractivity contribution in [2.75, 3.05) is 19.8 Å². The number of hydrogen-bond acceptors (Lipinski definition) is 4. The Hall–Kier alpha value is -1.39. The first-order chi connectivity index (χ1) is 19.7. The van der Waals surface area contributed by atoms with E-state index in [-0.39, 0.29) is 19.2 Å². The fourth-order valence-corrected chi connectivity index (χ4v) is 4.57. The first-order valence-corrected chi connectivity index (χ1v) is 17.1. The van der Waals surface area contributed by atoms with Gasteiger partial charge in [0.05, 0.1) is 13.2 Å². The molecule has 1 atom stereocenters. The van der Waals surface area contributed by atoms with Crippen LogP contribution in [0.25, 0.3) is 0 Å². The van der Waals surface area contributed by atoms with Gasteiger partial charge < -0.3 is 14.6 Å². The van der Waals surface area contributed by atoms with Crippen molar-refractivity contribution in [1.29, 1.82) is 0 Å². The predicted octanol–water partition coefficient (Wildman–Crippen LogP) is 10.6. The van der Waals surface area contributed by atoms with Crippen LogP contribution in [0.2, 0.25) is 0 Å². The lowest BCUT2D eigenvalue weighted by molar-refractivity contribution is -0.154. The summed E-state index contributed by atoms with van der Waals surface area (Å²) in [6.45, 7) is 5.25. The number of rotatable bonds is 31. The molecule has 1 unspecified atom stereocenters. The van der Waals surface area contributed by atoms with Gasteiger partial charge in [0.25, 0.3) is 0 Å². The van der Waals surface area contributed by atoms with Gasteiger partial charge in [-0.3, -0.25) is 4.79 Å². The zero-order valence-electron chi connectivity index (χ0n) is 26.6. The first kappa shape index (κ1) is 38.6. The predicted molar refractivity (Wildman–Crippen MR) is 173 cm³/mol. The summed E-state index contributed by atoms with van der Waals surface area (Å²) in [5.41, 5.74) is 0. The number of aliphatic hydroxyl groups is 1. The molecule has 234 valence electrons. The molecule has 0 aromatic rings.